The molecular weight excluding hydrogens is 400 g/mol. The summed E-state index contributed by atoms with van der Waals surface area (Å²) in [4.78, 5) is 0. The van der Waals surface area contributed by atoms with Crippen LogP contribution in [0.4, 0.5) is 0 Å². The largest absolute Gasteiger partial charge is 0.496 e. The Morgan fingerprint density at radius 2 is 1.26 bits per heavy atom. The number of fused-ring (bicyclic) bond motifs is 1. The normalized spacial score (nSPS) is 17.4. The average Bonchev–Trinajstić information content (AvgIpc) is 2.81. The summed E-state index contributed by atoms with van der Waals surface area (Å²) in [5.41, 5.74) is 3.59. The van der Waals surface area contributed by atoms with Gasteiger partial charge in [-0.1, -0.05) is 11.6 Å². The van der Waals surface area contributed by atoms with Crippen molar-refractivity contribution in [3.8, 4) is 34.5 Å². The molecule has 0 amide bonds. The van der Waals surface area contributed by atoms with E-state index in [0.29, 0.717) is 34.5 Å². The third-order valence-corrected chi connectivity index (χ3v) is 5.87. The molecule has 7 heteroatoms. The van der Waals surface area contributed by atoms with E-state index in [9.17, 15) is 5.11 Å². The molecule has 1 N–H and O–H groups in total. The van der Waals surface area contributed by atoms with Gasteiger partial charge in [0.2, 0.25) is 0 Å². The molecule has 0 aromatic heterocycles. The Balaban J connectivity index is 2.42. The molecule has 0 saturated carbocycles. The van der Waals surface area contributed by atoms with Gasteiger partial charge in [-0.2, -0.15) is 0 Å². The van der Waals surface area contributed by atoms with E-state index in [2.05, 4.69) is 0 Å². The van der Waals surface area contributed by atoms with Crippen molar-refractivity contribution in [1.82, 2.24) is 0 Å². The first-order valence-electron chi connectivity index (χ1n) is 9.91. The highest BCUT2D eigenvalue weighted by molar-refractivity contribution is 5.75. The van der Waals surface area contributed by atoms with E-state index in [4.69, 9.17) is 28.4 Å². The van der Waals surface area contributed by atoms with Crippen LogP contribution in [0.3, 0.4) is 0 Å². The van der Waals surface area contributed by atoms with Gasteiger partial charge in [-0.05, 0) is 13.0 Å². The van der Waals surface area contributed by atoms with Crippen molar-refractivity contribution >= 4 is 6.08 Å². The molecule has 31 heavy (non-hydrogen) atoms. The first-order valence-corrected chi connectivity index (χ1v) is 9.91. The van der Waals surface area contributed by atoms with E-state index in [1.165, 1.54) is 0 Å². The van der Waals surface area contributed by atoms with E-state index >= 15 is 0 Å². The zero-order valence-corrected chi connectivity index (χ0v) is 19.1. The van der Waals surface area contributed by atoms with E-state index in [1.54, 1.807) is 48.7 Å². The highest BCUT2D eigenvalue weighted by Gasteiger charge is 2.38. The zero-order valence-electron chi connectivity index (χ0n) is 19.1. The van der Waals surface area contributed by atoms with Crippen LogP contribution in [0.5, 0.6) is 34.5 Å². The van der Waals surface area contributed by atoms with E-state index in [1.807, 2.05) is 25.1 Å². The van der Waals surface area contributed by atoms with Crippen LogP contribution in [0.25, 0.3) is 6.08 Å². The van der Waals surface area contributed by atoms with Gasteiger partial charge in [-0.3, -0.25) is 0 Å². The van der Waals surface area contributed by atoms with Gasteiger partial charge in [-0.15, -0.1) is 0 Å². The Morgan fingerprint density at radius 3 is 1.77 bits per heavy atom. The second-order valence-corrected chi connectivity index (χ2v) is 7.25. The number of rotatable bonds is 8. The Labute approximate surface area is 183 Å². The lowest BCUT2D eigenvalue weighted by Gasteiger charge is -2.35. The van der Waals surface area contributed by atoms with Crippen molar-refractivity contribution in [3.05, 3.63) is 40.5 Å². The van der Waals surface area contributed by atoms with Gasteiger partial charge < -0.3 is 33.5 Å². The molecule has 0 saturated heterocycles. The van der Waals surface area contributed by atoms with Crippen LogP contribution in [-0.2, 0) is 0 Å². The van der Waals surface area contributed by atoms with Crippen LogP contribution < -0.4 is 28.4 Å². The smallest absolute Gasteiger partial charge is 0.165 e. The summed E-state index contributed by atoms with van der Waals surface area (Å²) in [6.45, 7) is 1.94. The van der Waals surface area contributed by atoms with Gasteiger partial charge >= 0.3 is 0 Å². The lowest BCUT2D eigenvalue weighted by molar-refractivity contribution is 0.230. The fourth-order valence-corrected chi connectivity index (χ4v) is 4.36. The van der Waals surface area contributed by atoms with Gasteiger partial charge in [0.25, 0.3) is 0 Å². The van der Waals surface area contributed by atoms with Crippen molar-refractivity contribution in [1.29, 1.82) is 0 Å². The maximum Gasteiger partial charge on any atom is 0.165 e. The predicted octanol–water partition coefficient (Wildman–Crippen LogP) is 3.90. The van der Waals surface area contributed by atoms with Gasteiger partial charge in [0.05, 0.1) is 49.3 Å². The molecule has 0 bridgehead atoms. The maximum atomic E-state index is 10.4. The summed E-state index contributed by atoms with van der Waals surface area (Å²) >= 11 is 0. The van der Waals surface area contributed by atoms with E-state index < -0.39 is 0 Å². The van der Waals surface area contributed by atoms with Gasteiger partial charge in [0.1, 0.15) is 11.5 Å². The molecule has 1 aliphatic rings. The van der Waals surface area contributed by atoms with Crippen molar-refractivity contribution in [2.75, 3.05) is 49.3 Å². The number of aliphatic hydroxyl groups is 1. The molecule has 0 aliphatic heterocycles. The molecule has 2 atom stereocenters. The third kappa shape index (κ3) is 3.74. The molecule has 1 aliphatic carbocycles. The molecule has 0 fully saturated rings. The highest BCUT2D eigenvalue weighted by Crippen LogP contribution is 2.54. The first kappa shape index (κ1) is 22.6. The topological polar surface area (TPSA) is 75.6 Å². The minimum absolute atomic E-state index is 0.0629. The summed E-state index contributed by atoms with van der Waals surface area (Å²) in [6, 6.07) is 5.49. The molecule has 0 unspecified atom stereocenters. The van der Waals surface area contributed by atoms with Crippen molar-refractivity contribution in [2.24, 2.45) is 5.92 Å². The molecule has 168 valence electrons. The zero-order chi connectivity index (χ0) is 22.7. The van der Waals surface area contributed by atoms with E-state index in [-0.39, 0.29) is 18.4 Å². The Hall–Kier alpha value is -3.06. The van der Waals surface area contributed by atoms with Crippen LogP contribution in [0, 0.1) is 5.92 Å². The monoisotopic (exact) mass is 430 g/mol. The Bertz CT molecular complexity index is 981. The Morgan fingerprint density at radius 1 is 0.710 bits per heavy atom. The minimum atomic E-state index is -0.307. The molecule has 0 spiro atoms. The summed E-state index contributed by atoms with van der Waals surface area (Å²) in [6.07, 6.45) is 2.03. The summed E-state index contributed by atoms with van der Waals surface area (Å²) in [5.74, 6) is 3.01. The molecule has 2 aromatic rings. The number of hydrogen-bond donors (Lipinski definition) is 1. The van der Waals surface area contributed by atoms with Crippen molar-refractivity contribution in [3.63, 3.8) is 0 Å². The van der Waals surface area contributed by atoms with Crippen LogP contribution >= 0.6 is 0 Å². The van der Waals surface area contributed by atoms with Crippen LogP contribution in [0.15, 0.2) is 23.8 Å². The lowest BCUT2D eigenvalue weighted by Crippen LogP contribution is -2.25. The Kier molecular flexibility index (Phi) is 6.85. The number of benzene rings is 2. The minimum Gasteiger partial charge on any atom is -0.496 e. The molecule has 7 nitrogen and oxygen atoms in total. The number of hydrogen-bond acceptors (Lipinski definition) is 7. The van der Waals surface area contributed by atoms with Crippen LogP contribution in [0.2, 0.25) is 0 Å². The molecule has 0 heterocycles. The summed E-state index contributed by atoms with van der Waals surface area (Å²) in [5, 5.41) is 10.4. The quantitative estimate of drug-likeness (QED) is 0.681. The SMILES string of the molecule is COc1cc(OC)c([C@@H]2c3c(c(OC)cc(OC)c3OC)C=C(C)[C@H]2CO)cc1OC. The predicted molar refractivity (Wildman–Crippen MR) is 118 cm³/mol. The van der Waals surface area contributed by atoms with Gasteiger partial charge in [0, 0.05) is 40.7 Å². The van der Waals surface area contributed by atoms with Gasteiger partial charge in [-0.25, -0.2) is 0 Å². The summed E-state index contributed by atoms with van der Waals surface area (Å²) < 4.78 is 33.8. The maximum absolute atomic E-state index is 10.4. The average molecular weight is 430 g/mol. The number of methoxy groups -OCH3 is 6. The molecule has 2 aromatic carbocycles. The molecular formula is C24H30O7. The van der Waals surface area contributed by atoms with Crippen molar-refractivity contribution < 1.29 is 33.5 Å². The second kappa shape index (κ2) is 9.39. The lowest BCUT2D eigenvalue weighted by atomic mass is 9.71. The third-order valence-electron chi connectivity index (χ3n) is 5.87. The first-order chi connectivity index (χ1) is 15.0. The second-order valence-electron chi connectivity index (χ2n) is 7.25. The summed E-state index contributed by atoms with van der Waals surface area (Å²) in [7, 11) is 9.58. The molecule has 0 radical (unpaired) electrons. The molecule has 3 rings (SSSR count). The van der Waals surface area contributed by atoms with Crippen LogP contribution in [0.1, 0.15) is 29.5 Å². The standard InChI is InChI=1S/C24H30O7/c1-13-8-14-18(27-3)11-21(30-6)24(31-7)23(14)22(16(13)12-25)15-9-19(28-4)20(29-5)10-17(15)26-2/h8-11,16,22,25H,12H2,1-7H3/t16-,22+/m1/s1. The van der Waals surface area contributed by atoms with E-state index in [0.717, 1.165) is 22.3 Å². The highest BCUT2D eigenvalue weighted by atomic mass is 16.5. The van der Waals surface area contributed by atoms with Gasteiger partial charge in [0.15, 0.2) is 23.0 Å². The number of aliphatic hydroxyl groups excluding tert-OH is 1. The number of ether oxygens (including phenoxy) is 6. The fraction of sp³-hybridized carbons (Fsp3) is 0.417. The van der Waals surface area contributed by atoms with Crippen LogP contribution in [-0.4, -0.2) is 54.4 Å². The van der Waals surface area contributed by atoms with Crippen molar-refractivity contribution in [2.45, 2.75) is 12.8 Å². The fourth-order valence-electron chi connectivity index (χ4n) is 4.36.